The van der Waals surface area contributed by atoms with Crippen molar-refractivity contribution in [3.8, 4) is 10.9 Å². The summed E-state index contributed by atoms with van der Waals surface area (Å²) in [7, 11) is 0. The van der Waals surface area contributed by atoms with Crippen LogP contribution in [0.25, 0.3) is 0 Å². The van der Waals surface area contributed by atoms with Gasteiger partial charge in [-0.15, -0.1) is 0 Å². The smallest absolute Gasteiger partial charge is 0.278 e. The molecule has 1 N–H and O–H groups in total. The quantitative estimate of drug-likeness (QED) is 0.900. The minimum Gasteiger partial charge on any atom is -0.428 e. The first-order valence-electron chi connectivity index (χ1n) is 7.41. The maximum atomic E-state index is 14.1. The van der Waals surface area contributed by atoms with Gasteiger partial charge in [0.05, 0.1) is 18.2 Å². The Morgan fingerprint density at radius 1 is 1.57 bits per heavy atom. The molecular weight excluding hydrogens is 319 g/mol. The van der Waals surface area contributed by atoms with Gasteiger partial charge in [0.25, 0.3) is 5.19 Å². The van der Waals surface area contributed by atoms with Gasteiger partial charge in [0.15, 0.2) is 11.6 Å². The standard InChI is InChI=1S/C16H17FN2O3S/c1-10-9-23-16(18-10)22-14-5-4-11(7-13(14)17)19-15(20)8-12-3-2-6-21-12/h4-5,7,9,12H,2-3,6,8H2,1H3,(H,19,20). The molecule has 1 aliphatic heterocycles. The Bertz CT molecular complexity index is 698. The number of thiazole rings is 1. The first-order chi connectivity index (χ1) is 11.1. The van der Waals surface area contributed by atoms with Crippen molar-refractivity contribution in [1.82, 2.24) is 4.98 Å². The third-order valence-electron chi connectivity index (χ3n) is 3.45. The highest BCUT2D eigenvalue weighted by Gasteiger charge is 2.19. The predicted octanol–water partition coefficient (Wildman–Crippen LogP) is 3.89. The lowest BCUT2D eigenvalue weighted by Gasteiger charge is -2.10. The summed E-state index contributed by atoms with van der Waals surface area (Å²) in [5.74, 6) is -0.648. The predicted molar refractivity (Wildman–Crippen MR) is 85.5 cm³/mol. The molecule has 2 heterocycles. The molecule has 1 aliphatic rings. The number of nitrogens with zero attached hydrogens (tertiary/aromatic N) is 1. The summed E-state index contributed by atoms with van der Waals surface area (Å²) >= 11 is 1.30. The Hall–Kier alpha value is -1.99. The lowest BCUT2D eigenvalue weighted by molar-refractivity contribution is -0.118. The molecule has 1 atom stereocenters. The van der Waals surface area contributed by atoms with Crippen LogP contribution in [0.3, 0.4) is 0 Å². The topological polar surface area (TPSA) is 60.5 Å². The first-order valence-corrected chi connectivity index (χ1v) is 8.29. The van der Waals surface area contributed by atoms with Crippen LogP contribution in [-0.4, -0.2) is 23.6 Å². The molecule has 1 saturated heterocycles. The van der Waals surface area contributed by atoms with Crippen molar-refractivity contribution in [2.75, 3.05) is 11.9 Å². The van der Waals surface area contributed by atoms with E-state index in [0.29, 0.717) is 17.5 Å². The summed E-state index contributed by atoms with van der Waals surface area (Å²) in [5.41, 5.74) is 1.22. The van der Waals surface area contributed by atoms with E-state index < -0.39 is 5.82 Å². The van der Waals surface area contributed by atoms with E-state index in [-0.39, 0.29) is 24.2 Å². The Balaban J connectivity index is 1.60. The van der Waals surface area contributed by atoms with Crippen molar-refractivity contribution in [2.24, 2.45) is 0 Å². The molecule has 7 heteroatoms. The number of nitrogens with one attached hydrogen (secondary N) is 1. The van der Waals surface area contributed by atoms with E-state index in [9.17, 15) is 9.18 Å². The summed E-state index contributed by atoms with van der Waals surface area (Å²) in [6, 6.07) is 4.32. The van der Waals surface area contributed by atoms with E-state index in [1.54, 1.807) is 6.07 Å². The number of benzene rings is 1. The number of aromatic nitrogens is 1. The van der Waals surface area contributed by atoms with Gasteiger partial charge in [0, 0.05) is 23.7 Å². The average Bonchev–Trinajstić information content (AvgIpc) is 3.14. The van der Waals surface area contributed by atoms with E-state index in [2.05, 4.69) is 10.3 Å². The Morgan fingerprint density at radius 2 is 2.43 bits per heavy atom. The Labute approximate surface area is 137 Å². The summed E-state index contributed by atoms with van der Waals surface area (Å²) in [4.78, 5) is 16.0. The highest BCUT2D eigenvalue weighted by Crippen LogP contribution is 2.29. The lowest BCUT2D eigenvalue weighted by atomic mass is 10.1. The zero-order valence-electron chi connectivity index (χ0n) is 12.7. The number of rotatable bonds is 5. The number of carbonyl (C=O) groups is 1. The molecule has 0 radical (unpaired) electrons. The van der Waals surface area contributed by atoms with E-state index >= 15 is 0 Å². The van der Waals surface area contributed by atoms with Crippen LogP contribution in [0, 0.1) is 12.7 Å². The maximum Gasteiger partial charge on any atom is 0.278 e. The monoisotopic (exact) mass is 336 g/mol. The molecule has 1 unspecified atom stereocenters. The zero-order valence-corrected chi connectivity index (χ0v) is 13.5. The normalized spacial score (nSPS) is 17.2. The summed E-state index contributed by atoms with van der Waals surface area (Å²) in [6.45, 7) is 2.54. The molecule has 0 aliphatic carbocycles. The van der Waals surface area contributed by atoms with Gasteiger partial charge in [0.1, 0.15) is 0 Å². The van der Waals surface area contributed by atoms with Crippen LogP contribution in [0.15, 0.2) is 23.6 Å². The second kappa shape index (κ2) is 7.06. The number of hydrogen-bond donors (Lipinski definition) is 1. The van der Waals surface area contributed by atoms with Crippen LogP contribution >= 0.6 is 11.3 Å². The van der Waals surface area contributed by atoms with Crippen LogP contribution in [0.1, 0.15) is 25.0 Å². The van der Waals surface area contributed by atoms with Crippen molar-refractivity contribution in [3.63, 3.8) is 0 Å². The zero-order chi connectivity index (χ0) is 16.2. The molecule has 1 aromatic heterocycles. The minimum atomic E-state index is -0.548. The molecule has 3 rings (SSSR count). The van der Waals surface area contributed by atoms with Crippen LogP contribution in [0.4, 0.5) is 10.1 Å². The number of hydrogen-bond acceptors (Lipinski definition) is 5. The average molecular weight is 336 g/mol. The molecule has 2 aromatic rings. The van der Waals surface area contributed by atoms with Crippen molar-refractivity contribution >= 4 is 22.9 Å². The molecule has 0 bridgehead atoms. The molecule has 1 aromatic carbocycles. The highest BCUT2D eigenvalue weighted by atomic mass is 32.1. The van der Waals surface area contributed by atoms with Crippen molar-refractivity contribution < 1.29 is 18.7 Å². The molecular formula is C16H17FN2O3S. The molecule has 1 fully saturated rings. The van der Waals surface area contributed by atoms with Crippen LogP contribution < -0.4 is 10.1 Å². The van der Waals surface area contributed by atoms with Crippen LogP contribution in [0.2, 0.25) is 0 Å². The van der Waals surface area contributed by atoms with E-state index in [1.807, 2.05) is 12.3 Å². The van der Waals surface area contributed by atoms with Gasteiger partial charge < -0.3 is 14.8 Å². The van der Waals surface area contributed by atoms with Gasteiger partial charge in [-0.25, -0.2) is 9.37 Å². The lowest BCUT2D eigenvalue weighted by Crippen LogP contribution is -2.19. The maximum absolute atomic E-state index is 14.1. The largest absolute Gasteiger partial charge is 0.428 e. The SMILES string of the molecule is Cc1csc(Oc2ccc(NC(=O)CC3CCCO3)cc2F)n1. The molecule has 0 saturated carbocycles. The Morgan fingerprint density at radius 3 is 3.09 bits per heavy atom. The fourth-order valence-corrected chi connectivity index (χ4v) is 3.02. The van der Waals surface area contributed by atoms with Crippen LogP contribution in [0.5, 0.6) is 10.9 Å². The van der Waals surface area contributed by atoms with E-state index in [4.69, 9.17) is 9.47 Å². The van der Waals surface area contributed by atoms with E-state index in [0.717, 1.165) is 18.5 Å². The molecule has 1 amide bonds. The van der Waals surface area contributed by atoms with E-state index in [1.165, 1.54) is 23.5 Å². The number of anilines is 1. The fraction of sp³-hybridized carbons (Fsp3) is 0.375. The molecule has 0 spiro atoms. The number of amides is 1. The third kappa shape index (κ3) is 4.27. The summed E-state index contributed by atoms with van der Waals surface area (Å²) < 4.78 is 24.9. The van der Waals surface area contributed by atoms with Gasteiger partial charge in [0.2, 0.25) is 5.91 Å². The van der Waals surface area contributed by atoms with Crippen molar-refractivity contribution in [1.29, 1.82) is 0 Å². The molecule has 5 nitrogen and oxygen atoms in total. The van der Waals surface area contributed by atoms with Gasteiger partial charge in [-0.1, -0.05) is 11.3 Å². The van der Waals surface area contributed by atoms with Gasteiger partial charge in [-0.3, -0.25) is 4.79 Å². The Kier molecular flexibility index (Phi) is 4.88. The highest BCUT2D eigenvalue weighted by molar-refractivity contribution is 7.11. The fourth-order valence-electron chi connectivity index (χ4n) is 2.36. The van der Waals surface area contributed by atoms with Gasteiger partial charge in [-0.05, 0) is 31.9 Å². The number of aryl methyl sites for hydroxylation is 1. The summed E-state index contributed by atoms with van der Waals surface area (Å²) in [5, 5.41) is 4.89. The van der Waals surface area contributed by atoms with Crippen molar-refractivity contribution in [3.05, 3.63) is 35.1 Å². The van der Waals surface area contributed by atoms with Crippen molar-refractivity contribution in [2.45, 2.75) is 32.3 Å². The summed E-state index contributed by atoms with van der Waals surface area (Å²) in [6.07, 6.45) is 2.13. The second-order valence-electron chi connectivity index (χ2n) is 5.39. The second-order valence-corrected chi connectivity index (χ2v) is 6.21. The van der Waals surface area contributed by atoms with Gasteiger partial charge in [-0.2, -0.15) is 0 Å². The number of ether oxygens (including phenoxy) is 2. The third-order valence-corrected chi connectivity index (χ3v) is 4.28. The minimum absolute atomic E-state index is 0.0319. The number of carbonyl (C=O) groups excluding carboxylic acids is 1. The van der Waals surface area contributed by atoms with Crippen LogP contribution in [-0.2, 0) is 9.53 Å². The van der Waals surface area contributed by atoms with Gasteiger partial charge >= 0.3 is 0 Å². The number of halogens is 1. The first kappa shape index (κ1) is 15.9. The molecule has 23 heavy (non-hydrogen) atoms. The molecule has 122 valence electrons.